The molecular formula is C20H14BrFN4O3S. The van der Waals surface area contributed by atoms with Crippen molar-refractivity contribution in [1.29, 1.82) is 5.26 Å². The first-order valence-electron chi connectivity index (χ1n) is 8.98. The first-order valence-corrected chi connectivity index (χ1v) is 10.6. The van der Waals surface area contributed by atoms with Gasteiger partial charge in [0.1, 0.15) is 11.6 Å². The first-order chi connectivity index (χ1) is 14.3. The highest BCUT2D eigenvalue weighted by molar-refractivity contribution is 9.10. The van der Waals surface area contributed by atoms with Gasteiger partial charge in [0.15, 0.2) is 5.78 Å². The van der Waals surface area contributed by atoms with Crippen molar-refractivity contribution < 1.29 is 14.1 Å². The Morgan fingerprint density at radius 2 is 2.10 bits per heavy atom. The van der Waals surface area contributed by atoms with Crippen LogP contribution in [0, 0.1) is 27.3 Å². The molecule has 1 aliphatic carbocycles. The van der Waals surface area contributed by atoms with Gasteiger partial charge in [0.25, 0.3) is 0 Å². The molecule has 2 N–H and O–H groups in total. The van der Waals surface area contributed by atoms with Crippen LogP contribution < -0.4 is 10.6 Å². The molecule has 2 heterocycles. The highest BCUT2D eigenvalue weighted by atomic mass is 79.9. The molecule has 2 aromatic rings. The second kappa shape index (κ2) is 7.66. The van der Waals surface area contributed by atoms with Crippen molar-refractivity contribution in [1.82, 2.24) is 0 Å². The van der Waals surface area contributed by atoms with Crippen LogP contribution in [0.2, 0.25) is 0 Å². The molecule has 1 aromatic carbocycles. The van der Waals surface area contributed by atoms with Crippen molar-refractivity contribution in [2.24, 2.45) is 5.73 Å². The number of nitrogens with zero attached hydrogens (tertiary/aromatic N) is 3. The standard InChI is InChI=1S/C20H14BrFN4O3S/c21-10-4-5-13(12(22)8-10)25-14-2-1-3-15(27)19(14)18(11(9-23)20(25)24)16-6-7-17(30-16)26(28)29/h4-8,18H,1-3,24H2/t18-/m1/s1. The van der Waals surface area contributed by atoms with Gasteiger partial charge in [0.05, 0.1) is 28.2 Å². The van der Waals surface area contributed by atoms with Gasteiger partial charge in [0.2, 0.25) is 0 Å². The topological polar surface area (TPSA) is 113 Å². The van der Waals surface area contributed by atoms with Crippen molar-refractivity contribution in [3.63, 3.8) is 0 Å². The fourth-order valence-corrected chi connectivity index (χ4v) is 5.18. The summed E-state index contributed by atoms with van der Waals surface area (Å²) in [6, 6.07) is 9.41. The van der Waals surface area contributed by atoms with Crippen molar-refractivity contribution in [2.45, 2.75) is 25.2 Å². The van der Waals surface area contributed by atoms with Gasteiger partial charge in [-0.25, -0.2) is 4.39 Å². The number of allylic oxidation sites excluding steroid dienone is 3. The maximum absolute atomic E-state index is 14.8. The Morgan fingerprint density at radius 3 is 2.73 bits per heavy atom. The van der Waals surface area contributed by atoms with Crippen LogP contribution in [-0.4, -0.2) is 10.7 Å². The zero-order valence-corrected chi connectivity index (χ0v) is 17.8. The van der Waals surface area contributed by atoms with Crippen LogP contribution in [0.5, 0.6) is 0 Å². The van der Waals surface area contributed by atoms with Gasteiger partial charge >= 0.3 is 5.00 Å². The SMILES string of the molecule is N#CC1=C(N)N(c2ccc(Br)cc2F)C2=C(C(=O)CCC2)[C@H]1c1ccc([N+](=O)[O-])s1. The van der Waals surface area contributed by atoms with Crippen LogP contribution in [0.4, 0.5) is 15.1 Å². The normalized spacial score (nSPS) is 19.0. The minimum atomic E-state index is -0.800. The zero-order valence-electron chi connectivity index (χ0n) is 15.4. The van der Waals surface area contributed by atoms with E-state index in [1.54, 1.807) is 12.1 Å². The lowest BCUT2D eigenvalue weighted by Crippen LogP contribution is -2.39. The number of nitriles is 1. The molecule has 152 valence electrons. The van der Waals surface area contributed by atoms with Crippen LogP contribution in [0.3, 0.4) is 0 Å². The molecule has 0 saturated heterocycles. The van der Waals surface area contributed by atoms with Gasteiger partial charge in [0, 0.05) is 33.1 Å². The summed E-state index contributed by atoms with van der Waals surface area (Å²) in [4.78, 5) is 25.5. The van der Waals surface area contributed by atoms with E-state index in [0.717, 1.165) is 11.3 Å². The van der Waals surface area contributed by atoms with E-state index < -0.39 is 16.7 Å². The molecular weight excluding hydrogens is 475 g/mol. The monoisotopic (exact) mass is 488 g/mol. The summed E-state index contributed by atoms with van der Waals surface area (Å²) in [6.07, 6.45) is 1.33. The molecule has 1 aromatic heterocycles. The first kappa shape index (κ1) is 20.3. The van der Waals surface area contributed by atoms with Crippen LogP contribution in [0.15, 0.2) is 57.5 Å². The summed E-state index contributed by atoms with van der Waals surface area (Å²) in [5, 5.41) is 20.9. The van der Waals surface area contributed by atoms with Crippen molar-refractivity contribution in [3.05, 3.63) is 78.3 Å². The molecule has 1 aliphatic heterocycles. The number of ketones is 1. The number of anilines is 1. The fraction of sp³-hybridized carbons (Fsp3) is 0.200. The average molecular weight is 489 g/mol. The number of halogens is 2. The van der Waals surface area contributed by atoms with E-state index in [1.807, 2.05) is 0 Å². The van der Waals surface area contributed by atoms with Crippen LogP contribution >= 0.6 is 27.3 Å². The summed E-state index contributed by atoms with van der Waals surface area (Å²) < 4.78 is 15.3. The molecule has 4 rings (SSSR count). The summed E-state index contributed by atoms with van der Waals surface area (Å²) in [6.45, 7) is 0. The fourth-order valence-electron chi connectivity index (χ4n) is 3.90. The quantitative estimate of drug-likeness (QED) is 0.487. The van der Waals surface area contributed by atoms with Gasteiger partial charge < -0.3 is 5.73 Å². The second-order valence-electron chi connectivity index (χ2n) is 6.85. The third-order valence-electron chi connectivity index (χ3n) is 5.14. The predicted molar refractivity (Wildman–Crippen MR) is 113 cm³/mol. The molecule has 10 heteroatoms. The number of benzene rings is 1. The number of nitrogens with two attached hydrogens (primary N) is 1. The Labute approximate surface area is 183 Å². The van der Waals surface area contributed by atoms with Crippen molar-refractivity contribution >= 4 is 43.7 Å². The summed E-state index contributed by atoms with van der Waals surface area (Å²) in [5.41, 5.74) is 7.45. The molecule has 1 atom stereocenters. The Hall–Kier alpha value is -3.03. The average Bonchev–Trinajstić information content (AvgIpc) is 3.18. The molecule has 2 aliphatic rings. The number of thiophene rings is 1. The third kappa shape index (κ3) is 3.20. The Kier molecular flexibility index (Phi) is 5.17. The summed E-state index contributed by atoms with van der Waals surface area (Å²) in [7, 11) is 0. The van der Waals surface area contributed by atoms with E-state index >= 15 is 0 Å². The van der Waals surface area contributed by atoms with E-state index in [0.29, 0.717) is 33.5 Å². The molecule has 0 spiro atoms. The Morgan fingerprint density at radius 1 is 1.33 bits per heavy atom. The highest BCUT2D eigenvalue weighted by Gasteiger charge is 2.41. The minimum Gasteiger partial charge on any atom is -0.384 e. The number of carbonyl (C=O) groups is 1. The molecule has 0 fully saturated rings. The summed E-state index contributed by atoms with van der Waals surface area (Å²) >= 11 is 4.12. The van der Waals surface area contributed by atoms with E-state index in [9.17, 15) is 24.6 Å². The lowest BCUT2D eigenvalue weighted by atomic mass is 9.78. The lowest BCUT2D eigenvalue weighted by molar-refractivity contribution is -0.380. The zero-order chi connectivity index (χ0) is 21.6. The molecule has 0 saturated carbocycles. The smallest absolute Gasteiger partial charge is 0.324 e. The minimum absolute atomic E-state index is 0.0215. The number of carbonyl (C=O) groups excluding carboxylic acids is 1. The largest absolute Gasteiger partial charge is 0.384 e. The molecule has 0 radical (unpaired) electrons. The van der Waals surface area contributed by atoms with Gasteiger partial charge in [-0.05, 0) is 37.1 Å². The molecule has 0 bridgehead atoms. The molecule has 30 heavy (non-hydrogen) atoms. The van der Waals surface area contributed by atoms with Gasteiger partial charge in [-0.1, -0.05) is 27.3 Å². The van der Waals surface area contributed by atoms with E-state index in [2.05, 4.69) is 22.0 Å². The highest BCUT2D eigenvalue weighted by Crippen LogP contribution is 2.48. The molecule has 0 unspecified atom stereocenters. The van der Waals surface area contributed by atoms with Gasteiger partial charge in [-0.2, -0.15) is 5.26 Å². The predicted octanol–water partition coefficient (Wildman–Crippen LogP) is 4.86. The molecule has 0 amide bonds. The second-order valence-corrected chi connectivity index (χ2v) is 8.85. The van der Waals surface area contributed by atoms with Crippen LogP contribution in [0.1, 0.15) is 30.1 Å². The van der Waals surface area contributed by atoms with Gasteiger partial charge in [-0.15, -0.1) is 0 Å². The summed E-state index contributed by atoms with van der Waals surface area (Å²) in [5.74, 6) is -1.50. The maximum atomic E-state index is 14.8. The van der Waals surface area contributed by atoms with Gasteiger partial charge in [-0.3, -0.25) is 19.8 Å². The van der Waals surface area contributed by atoms with E-state index in [-0.39, 0.29) is 34.3 Å². The number of Topliss-reactive ketones (excluding diaryl/α,β-unsaturated/α-hetero) is 1. The number of rotatable bonds is 3. The van der Waals surface area contributed by atoms with Crippen LogP contribution in [-0.2, 0) is 4.79 Å². The Balaban J connectivity index is 1.96. The van der Waals surface area contributed by atoms with Crippen molar-refractivity contribution in [2.75, 3.05) is 4.90 Å². The maximum Gasteiger partial charge on any atom is 0.324 e. The third-order valence-corrected chi connectivity index (χ3v) is 6.74. The number of nitro groups is 1. The number of hydrogen-bond acceptors (Lipinski definition) is 7. The Bertz CT molecular complexity index is 1200. The molecule has 7 nitrogen and oxygen atoms in total. The lowest BCUT2D eigenvalue weighted by Gasteiger charge is -2.39. The van der Waals surface area contributed by atoms with Crippen LogP contribution in [0.25, 0.3) is 0 Å². The van der Waals surface area contributed by atoms with E-state index in [4.69, 9.17) is 5.73 Å². The van der Waals surface area contributed by atoms with Crippen molar-refractivity contribution in [3.8, 4) is 6.07 Å². The number of hydrogen-bond donors (Lipinski definition) is 1. The van der Waals surface area contributed by atoms with E-state index in [1.165, 1.54) is 23.1 Å².